The molecule has 2 aromatic rings. The average Bonchev–Trinajstić information content (AvgIpc) is 3.14. The Balaban J connectivity index is 1.60. The highest BCUT2D eigenvalue weighted by molar-refractivity contribution is 5.70. The molecule has 0 unspecified atom stereocenters. The maximum Gasteiger partial charge on any atom is 0.255 e. The molecule has 1 N–H and O–H groups in total. The van der Waals surface area contributed by atoms with Crippen molar-refractivity contribution < 1.29 is 4.57 Å². The summed E-state index contributed by atoms with van der Waals surface area (Å²) >= 11 is 0. The first-order chi connectivity index (χ1) is 15.4. The summed E-state index contributed by atoms with van der Waals surface area (Å²) in [7, 11) is 0. The summed E-state index contributed by atoms with van der Waals surface area (Å²) in [6, 6.07) is 8.85. The summed E-state index contributed by atoms with van der Waals surface area (Å²) in [5.41, 5.74) is 2.70. The number of hydrogen-bond donors (Lipinski definition) is 1. The number of aryl methyl sites for hydroxylation is 2. The minimum Gasteiger partial charge on any atom is -0.241 e. The van der Waals surface area contributed by atoms with E-state index in [9.17, 15) is 0 Å². The van der Waals surface area contributed by atoms with Gasteiger partial charge in [-0.1, -0.05) is 122 Å². The molecule has 0 saturated heterocycles. The van der Waals surface area contributed by atoms with E-state index in [0.29, 0.717) is 0 Å². The van der Waals surface area contributed by atoms with E-state index in [1.165, 1.54) is 145 Å². The zero-order valence-electron chi connectivity index (χ0n) is 20.9. The lowest BCUT2D eigenvalue weighted by Gasteiger charge is -2.04. The number of hydrogen-bond acceptors (Lipinski definition) is 0. The molecule has 31 heavy (non-hydrogen) atoms. The summed E-state index contributed by atoms with van der Waals surface area (Å²) in [4.78, 5) is 3.72. The smallest absolute Gasteiger partial charge is 0.241 e. The van der Waals surface area contributed by atoms with Crippen LogP contribution in [0, 0.1) is 0 Å². The Bertz CT molecular complexity index is 672. The highest BCUT2D eigenvalue weighted by Crippen LogP contribution is 2.15. The van der Waals surface area contributed by atoms with Crippen LogP contribution in [0.5, 0.6) is 0 Å². The molecule has 0 amide bonds. The Labute approximate surface area is 193 Å². The largest absolute Gasteiger partial charge is 0.255 e. The van der Waals surface area contributed by atoms with E-state index in [0.717, 1.165) is 0 Å². The maximum absolute atomic E-state index is 3.72. The quantitative estimate of drug-likeness (QED) is 0.161. The SMILES string of the molecule is CCCCCCCCCCCCCCCc1[nH]c2ccccc2[n+]1CCCCCCC. The third-order valence-corrected chi connectivity index (χ3v) is 6.80. The predicted octanol–water partition coefficient (Wildman–Crippen LogP) is 9.06. The molecular weight excluding hydrogens is 376 g/mol. The van der Waals surface area contributed by atoms with Crippen LogP contribution in [-0.4, -0.2) is 4.98 Å². The molecule has 0 bridgehead atoms. The van der Waals surface area contributed by atoms with Gasteiger partial charge in [-0.3, -0.25) is 0 Å². The normalized spacial score (nSPS) is 11.5. The van der Waals surface area contributed by atoms with Gasteiger partial charge >= 0.3 is 0 Å². The van der Waals surface area contributed by atoms with Crippen LogP contribution in [-0.2, 0) is 13.0 Å². The number of aromatic amines is 1. The molecular formula is C29H51N2+. The van der Waals surface area contributed by atoms with Crippen LogP contribution in [0.4, 0.5) is 0 Å². The lowest BCUT2D eigenvalue weighted by atomic mass is 10.0. The standard InChI is InChI=1S/C29H50N2/c1-3-5-7-9-10-11-12-13-14-15-16-17-19-25-29-30-27-23-20-21-24-28(27)31(29)26-22-18-8-6-4-2/h20-21,23-24H,3-19,22,25-26H2,1-2H3/p+1. The zero-order chi connectivity index (χ0) is 22.0. The third-order valence-electron chi connectivity index (χ3n) is 6.80. The molecule has 0 aliphatic heterocycles. The topological polar surface area (TPSA) is 19.7 Å². The van der Waals surface area contributed by atoms with Crippen molar-refractivity contribution in [3.05, 3.63) is 30.1 Å². The Morgan fingerprint density at radius 3 is 1.65 bits per heavy atom. The lowest BCUT2D eigenvalue weighted by molar-refractivity contribution is -0.679. The minimum atomic E-state index is 1.17. The van der Waals surface area contributed by atoms with Crippen LogP contribution in [0.15, 0.2) is 24.3 Å². The molecule has 2 rings (SSSR count). The van der Waals surface area contributed by atoms with Gasteiger partial charge in [0.1, 0.15) is 0 Å². The van der Waals surface area contributed by atoms with Crippen LogP contribution < -0.4 is 4.57 Å². The van der Waals surface area contributed by atoms with Gasteiger partial charge in [0.15, 0.2) is 11.0 Å². The van der Waals surface area contributed by atoms with E-state index in [1.807, 2.05) is 0 Å². The van der Waals surface area contributed by atoms with Crippen molar-refractivity contribution in [1.82, 2.24) is 4.98 Å². The van der Waals surface area contributed by atoms with Gasteiger partial charge in [0, 0.05) is 6.42 Å². The summed E-state index contributed by atoms with van der Waals surface area (Å²) in [5.74, 6) is 1.44. The number of nitrogens with zero attached hydrogens (tertiary/aromatic N) is 1. The van der Waals surface area contributed by atoms with Crippen LogP contribution in [0.3, 0.4) is 0 Å². The van der Waals surface area contributed by atoms with Crippen molar-refractivity contribution in [2.45, 2.75) is 142 Å². The number of fused-ring (bicyclic) bond motifs is 1. The molecule has 176 valence electrons. The van der Waals surface area contributed by atoms with Crippen LogP contribution in [0.1, 0.15) is 135 Å². The van der Waals surface area contributed by atoms with E-state index in [2.05, 4.69) is 47.7 Å². The van der Waals surface area contributed by atoms with E-state index in [4.69, 9.17) is 0 Å². The number of para-hydroxylation sites is 2. The van der Waals surface area contributed by atoms with Gasteiger partial charge in [-0.25, -0.2) is 9.55 Å². The number of imidazole rings is 1. The van der Waals surface area contributed by atoms with Gasteiger partial charge in [0.25, 0.3) is 5.82 Å². The highest BCUT2D eigenvalue weighted by atomic mass is 15.1. The van der Waals surface area contributed by atoms with Crippen molar-refractivity contribution in [1.29, 1.82) is 0 Å². The number of unbranched alkanes of at least 4 members (excludes halogenated alkanes) is 16. The molecule has 2 heteroatoms. The molecule has 0 aliphatic rings. The molecule has 0 aliphatic carbocycles. The van der Waals surface area contributed by atoms with Crippen LogP contribution in [0.2, 0.25) is 0 Å². The zero-order valence-corrected chi connectivity index (χ0v) is 20.9. The highest BCUT2D eigenvalue weighted by Gasteiger charge is 2.17. The molecule has 0 spiro atoms. The van der Waals surface area contributed by atoms with Crippen molar-refractivity contribution in [3.63, 3.8) is 0 Å². The lowest BCUT2D eigenvalue weighted by Crippen LogP contribution is -2.37. The Kier molecular flexibility index (Phi) is 14.5. The van der Waals surface area contributed by atoms with Gasteiger partial charge in [-0.2, -0.15) is 0 Å². The number of aromatic nitrogens is 2. The fourth-order valence-electron chi connectivity index (χ4n) is 4.82. The summed E-state index contributed by atoms with van der Waals surface area (Å²) in [6.45, 7) is 5.76. The minimum absolute atomic E-state index is 1.17. The van der Waals surface area contributed by atoms with Crippen molar-refractivity contribution >= 4 is 11.0 Å². The van der Waals surface area contributed by atoms with E-state index >= 15 is 0 Å². The number of nitrogens with one attached hydrogen (secondary N) is 1. The van der Waals surface area contributed by atoms with Crippen molar-refractivity contribution in [2.75, 3.05) is 0 Å². The summed E-state index contributed by atoms with van der Waals surface area (Å²) in [5, 5.41) is 0. The maximum atomic E-state index is 3.72. The second kappa shape index (κ2) is 17.3. The predicted molar refractivity (Wildman–Crippen MR) is 137 cm³/mol. The third kappa shape index (κ3) is 10.7. The van der Waals surface area contributed by atoms with E-state index < -0.39 is 0 Å². The van der Waals surface area contributed by atoms with Gasteiger partial charge in [-0.05, 0) is 31.4 Å². The molecule has 1 aromatic carbocycles. The molecule has 0 atom stereocenters. The van der Waals surface area contributed by atoms with Crippen molar-refractivity contribution in [3.8, 4) is 0 Å². The number of benzene rings is 1. The average molecular weight is 428 g/mol. The first kappa shape index (κ1) is 25.9. The second-order valence-corrected chi connectivity index (χ2v) is 9.65. The van der Waals surface area contributed by atoms with Gasteiger partial charge in [0.2, 0.25) is 0 Å². The van der Waals surface area contributed by atoms with Crippen molar-refractivity contribution in [2.24, 2.45) is 0 Å². The van der Waals surface area contributed by atoms with Gasteiger partial charge < -0.3 is 0 Å². The number of H-pyrrole nitrogens is 1. The first-order valence-corrected chi connectivity index (χ1v) is 13.9. The Morgan fingerprint density at radius 1 is 0.581 bits per heavy atom. The molecule has 0 saturated carbocycles. The number of rotatable bonds is 20. The van der Waals surface area contributed by atoms with Gasteiger partial charge in [-0.15, -0.1) is 0 Å². The summed E-state index contributed by atoms with van der Waals surface area (Å²) in [6.07, 6.45) is 26.5. The van der Waals surface area contributed by atoms with E-state index in [1.54, 1.807) is 0 Å². The summed E-state index contributed by atoms with van der Waals surface area (Å²) < 4.78 is 2.57. The van der Waals surface area contributed by atoms with E-state index in [-0.39, 0.29) is 0 Å². The van der Waals surface area contributed by atoms with Crippen LogP contribution in [0.25, 0.3) is 11.0 Å². The monoisotopic (exact) mass is 427 g/mol. The molecule has 2 nitrogen and oxygen atoms in total. The molecule has 0 fully saturated rings. The van der Waals surface area contributed by atoms with Crippen LogP contribution >= 0.6 is 0 Å². The first-order valence-electron chi connectivity index (χ1n) is 13.9. The molecule has 1 aromatic heterocycles. The molecule has 1 heterocycles. The fraction of sp³-hybridized carbons (Fsp3) is 0.759. The Hall–Kier alpha value is -1.31. The second-order valence-electron chi connectivity index (χ2n) is 9.65. The Morgan fingerprint density at radius 2 is 1.06 bits per heavy atom. The molecule has 0 radical (unpaired) electrons. The van der Waals surface area contributed by atoms with Gasteiger partial charge in [0.05, 0.1) is 6.54 Å². The fourth-order valence-corrected chi connectivity index (χ4v) is 4.82.